The van der Waals surface area contributed by atoms with Gasteiger partial charge in [0.25, 0.3) is 5.91 Å². The summed E-state index contributed by atoms with van der Waals surface area (Å²) in [6.45, 7) is 1.56. The van der Waals surface area contributed by atoms with Gasteiger partial charge in [0.1, 0.15) is 5.75 Å². The predicted molar refractivity (Wildman–Crippen MR) is 119 cm³/mol. The van der Waals surface area contributed by atoms with Crippen molar-refractivity contribution in [2.75, 3.05) is 36.9 Å². The lowest BCUT2D eigenvalue weighted by molar-refractivity contribution is -0.128. The molecule has 31 heavy (non-hydrogen) atoms. The number of halogens is 1. The fraction of sp³-hybridized carbons (Fsp3) is 0.409. The summed E-state index contributed by atoms with van der Waals surface area (Å²) >= 11 is 6.03. The molecule has 0 spiro atoms. The van der Waals surface area contributed by atoms with Gasteiger partial charge in [0.15, 0.2) is 6.10 Å². The van der Waals surface area contributed by atoms with Crippen LogP contribution in [0.15, 0.2) is 48.5 Å². The van der Waals surface area contributed by atoms with Gasteiger partial charge in [-0.15, -0.1) is 0 Å². The molecule has 1 saturated heterocycles. The second kappa shape index (κ2) is 8.68. The minimum absolute atomic E-state index is 0.112. The van der Waals surface area contributed by atoms with Crippen molar-refractivity contribution < 1.29 is 22.7 Å². The standard InChI is InChI=1S/C22H25ClN2O5S/c1-31(27,28)25-14-20(30-19-8-7-17(23)13-18(19)25)21(26)24-15-22(9-11-29-12-10-22)16-5-3-2-4-6-16/h2-8,13,20H,9-12,14-15H2,1H3,(H,24,26). The van der Waals surface area contributed by atoms with E-state index in [-0.39, 0.29) is 17.9 Å². The highest BCUT2D eigenvalue weighted by atomic mass is 35.5. The maximum atomic E-state index is 13.0. The molecule has 0 saturated carbocycles. The number of carbonyl (C=O) groups is 1. The van der Waals surface area contributed by atoms with Gasteiger partial charge in [0, 0.05) is 30.2 Å². The number of ether oxygens (including phenoxy) is 2. The van der Waals surface area contributed by atoms with E-state index in [2.05, 4.69) is 17.4 Å². The van der Waals surface area contributed by atoms with E-state index in [9.17, 15) is 13.2 Å². The smallest absolute Gasteiger partial charge is 0.263 e. The number of carbonyl (C=O) groups excluding carboxylic acids is 1. The van der Waals surface area contributed by atoms with Crippen molar-refractivity contribution in [3.63, 3.8) is 0 Å². The van der Waals surface area contributed by atoms with Crippen molar-refractivity contribution in [3.8, 4) is 5.75 Å². The lowest BCUT2D eigenvalue weighted by Crippen LogP contribution is -2.53. The molecule has 0 radical (unpaired) electrons. The van der Waals surface area contributed by atoms with Crippen LogP contribution in [0.4, 0.5) is 5.69 Å². The molecule has 166 valence electrons. The zero-order chi connectivity index (χ0) is 22.1. The summed E-state index contributed by atoms with van der Waals surface area (Å²) in [5.74, 6) is -0.0406. The maximum Gasteiger partial charge on any atom is 0.263 e. The Bertz CT molecular complexity index is 1050. The molecular weight excluding hydrogens is 440 g/mol. The second-order valence-corrected chi connectivity index (χ2v) is 10.3. The molecule has 0 aromatic heterocycles. The third kappa shape index (κ3) is 4.66. The number of sulfonamides is 1. The molecule has 2 heterocycles. The first-order valence-electron chi connectivity index (χ1n) is 10.1. The fourth-order valence-electron chi connectivity index (χ4n) is 4.17. The number of benzene rings is 2. The van der Waals surface area contributed by atoms with Crippen molar-refractivity contribution >= 4 is 33.2 Å². The molecule has 1 amide bonds. The minimum atomic E-state index is -3.61. The Morgan fingerprint density at radius 2 is 1.90 bits per heavy atom. The van der Waals surface area contributed by atoms with Crippen LogP contribution >= 0.6 is 11.6 Å². The van der Waals surface area contributed by atoms with Gasteiger partial charge in [0.05, 0.1) is 18.5 Å². The molecule has 0 bridgehead atoms. The number of anilines is 1. The number of fused-ring (bicyclic) bond motifs is 1. The molecule has 2 aliphatic heterocycles. The normalized spacial score (nSPS) is 20.5. The van der Waals surface area contributed by atoms with Crippen LogP contribution in [0.5, 0.6) is 5.75 Å². The summed E-state index contributed by atoms with van der Waals surface area (Å²) in [6.07, 6.45) is 1.72. The third-order valence-corrected chi connectivity index (χ3v) is 7.30. The largest absolute Gasteiger partial charge is 0.476 e. The molecule has 2 aromatic rings. The average Bonchev–Trinajstić information content (AvgIpc) is 2.77. The number of rotatable bonds is 5. The Morgan fingerprint density at radius 3 is 2.58 bits per heavy atom. The Hall–Kier alpha value is -2.29. The number of hydrogen-bond donors (Lipinski definition) is 1. The van der Waals surface area contributed by atoms with E-state index in [4.69, 9.17) is 21.1 Å². The maximum absolute atomic E-state index is 13.0. The van der Waals surface area contributed by atoms with Crippen LogP contribution in [0.25, 0.3) is 0 Å². The third-order valence-electron chi connectivity index (χ3n) is 5.92. The molecule has 0 aliphatic carbocycles. The van der Waals surface area contributed by atoms with Crippen LogP contribution in [0.1, 0.15) is 18.4 Å². The van der Waals surface area contributed by atoms with Gasteiger partial charge >= 0.3 is 0 Å². The van der Waals surface area contributed by atoms with E-state index >= 15 is 0 Å². The summed E-state index contributed by atoms with van der Waals surface area (Å²) in [4.78, 5) is 13.0. The fourth-order valence-corrected chi connectivity index (χ4v) is 5.24. The summed E-state index contributed by atoms with van der Waals surface area (Å²) in [5.41, 5.74) is 1.26. The highest BCUT2D eigenvalue weighted by Crippen LogP contribution is 2.37. The molecule has 1 N–H and O–H groups in total. The monoisotopic (exact) mass is 464 g/mol. The SMILES string of the molecule is CS(=O)(=O)N1CC(C(=O)NCC2(c3ccccc3)CCOCC2)Oc2ccc(Cl)cc21. The number of amides is 1. The van der Waals surface area contributed by atoms with E-state index in [1.165, 1.54) is 10.4 Å². The van der Waals surface area contributed by atoms with Gasteiger partial charge in [-0.25, -0.2) is 8.42 Å². The summed E-state index contributed by atoms with van der Waals surface area (Å²) < 4.78 is 37.3. The Morgan fingerprint density at radius 1 is 1.19 bits per heavy atom. The predicted octanol–water partition coefficient (Wildman–Crippen LogP) is 2.73. The average molecular weight is 465 g/mol. The van der Waals surface area contributed by atoms with E-state index in [1.54, 1.807) is 12.1 Å². The number of hydrogen-bond acceptors (Lipinski definition) is 5. The van der Waals surface area contributed by atoms with E-state index < -0.39 is 16.1 Å². The van der Waals surface area contributed by atoms with Gasteiger partial charge in [-0.05, 0) is 36.6 Å². The van der Waals surface area contributed by atoms with Gasteiger partial charge < -0.3 is 14.8 Å². The van der Waals surface area contributed by atoms with Crippen molar-refractivity contribution in [3.05, 3.63) is 59.1 Å². The van der Waals surface area contributed by atoms with Crippen LogP contribution in [-0.2, 0) is 25.0 Å². The first-order valence-corrected chi connectivity index (χ1v) is 12.4. The van der Waals surface area contributed by atoms with Crippen LogP contribution in [0, 0.1) is 0 Å². The zero-order valence-electron chi connectivity index (χ0n) is 17.2. The second-order valence-electron chi connectivity index (χ2n) is 7.99. The minimum Gasteiger partial charge on any atom is -0.476 e. The molecular formula is C22H25ClN2O5S. The summed E-state index contributed by atoms with van der Waals surface area (Å²) in [5, 5.41) is 3.40. The topological polar surface area (TPSA) is 84.9 Å². The Labute approximate surface area is 187 Å². The Kier molecular flexibility index (Phi) is 6.14. The van der Waals surface area contributed by atoms with E-state index in [1.807, 2.05) is 18.2 Å². The molecule has 1 fully saturated rings. The lowest BCUT2D eigenvalue weighted by Gasteiger charge is -2.39. The molecule has 1 unspecified atom stereocenters. The van der Waals surface area contributed by atoms with E-state index in [0.717, 1.165) is 24.7 Å². The van der Waals surface area contributed by atoms with Crippen molar-refractivity contribution in [2.45, 2.75) is 24.4 Å². The highest BCUT2D eigenvalue weighted by Gasteiger charge is 2.38. The summed E-state index contributed by atoms with van der Waals surface area (Å²) in [6, 6.07) is 14.8. The van der Waals surface area contributed by atoms with E-state index in [0.29, 0.717) is 36.2 Å². The first kappa shape index (κ1) is 21.9. The van der Waals surface area contributed by atoms with Gasteiger partial charge in [0.2, 0.25) is 10.0 Å². The lowest BCUT2D eigenvalue weighted by atomic mass is 9.74. The van der Waals surface area contributed by atoms with Crippen LogP contribution in [0.3, 0.4) is 0 Å². The Balaban J connectivity index is 1.53. The number of nitrogens with one attached hydrogen (secondary N) is 1. The van der Waals surface area contributed by atoms with Crippen LogP contribution in [0.2, 0.25) is 5.02 Å². The molecule has 9 heteroatoms. The van der Waals surface area contributed by atoms with Crippen molar-refractivity contribution in [1.29, 1.82) is 0 Å². The van der Waals surface area contributed by atoms with Crippen molar-refractivity contribution in [2.24, 2.45) is 0 Å². The summed E-state index contributed by atoms with van der Waals surface area (Å²) in [7, 11) is -3.61. The van der Waals surface area contributed by atoms with Crippen LogP contribution < -0.4 is 14.4 Å². The highest BCUT2D eigenvalue weighted by molar-refractivity contribution is 7.92. The molecule has 4 rings (SSSR count). The molecule has 2 aliphatic rings. The zero-order valence-corrected chi connectivity index (χ0v) is 18.8. The van der Waals surface area contributed by atoms with Gasteiger partial charge in [-0.3, -0.25) is 9.10 Å². The van der Waals surface area contributed by atoms with Crippen LogP contribution in [-0.4, -0.2) is 53.0 Å². The van der Waals surface area contributed by atoms with Gasteiger partial charge in [-0.2, -0.15) is 0 Å². The van der Waals surface area contributed by atoms with Crippen molar-refractivity contribution in [1.82, 2.24) is 5.32 Å². The quantitative estimate of drug-likeness (QED) is 0.735. The molecule has 1 atom stereocenters. The van der Waals surface area contributed by atoms with Gasteiger partial charge in [-0.1, -0.05) is 41.9 Å². The first-order chi connectivity index (χ1) is 14.8. The molecule has 7 nitrogen and oxygen atoms in total. The number of nitrogens with zero attached hydrogens (tertiary/aromatic N) is 1. The molecule has 2 aromatic carbocycles.